The van der Waals surface area contributed by atoms with Gasteiger partial charge < -0.3 is 4.74 Å². The summed E-state index contributed by atoms with van der Waals surface area (Å²) in [5, 5.41) is 0. The van der Waals surface area contributed by atoms with Crippen LogP contribution in [0.15, 0.2) is 23.5 Å². The van der Waals surface area contributed by atoms with Gasteiger partial charge in [0.15, 0.2) is 11.5 Å². The van der Waals surface area contributed by atoms with Gasteiger partial charge in [0.25, 0.3) is 0 Å². The van der Waals surface area contributed by atoms with E-state index in [-0.39, 0.29) is 11.7 Å². The van der Waals surface area contributed by atoms with Gasteiger partial charge in [-0.3, -0.25) is 4.79 Å². The second kappa shape index (κ2) is 5.15. The molecule has 0 aromatic rings. The van der Waals surface area contributed by atoms with Crippen molar-refractivity contribution < 1.29 is 9.53 Å². The molecule has 1 aliphatic rings. The van der Waals surface area contributed by atoms with E-state index in [4.69, 9.17) is 4.74 Å². The monoisotopic (exact) mass is 208 g/mol. The van der Waals surface area contributed by atoms with Crippen LogP contribution in [0, 0.1) is 11.8 Å². The van der Waals surface area contributed by atoms with Crippen LogP contribution in [0.1, 0.15) is 33.6 Å². The lowest BCUT2D eigenvalue weighted by atomic mass is 9.80. The fraction of sp³-hybridized carbons (Fsp3) is 0.615. The number of hydrogen-bond donors (Lipinski definition) is 0. The van der Waals surface area contributed by atoms with Crippen LogP contribution < -0.4 is 0 Å². The molecule has 0 radical (unpaired) electrons. The van der Waals surface area contributed by atoms with Crippen molar-refractivity contribution in [1.82, 2.24) is 0 Å². The molecule has 0 bridgehead atoms. The van der Waals surface area contributed by atoms with Gasteiger partial charge in [-0.1, -0.05) is 18.6 Å². The highest BCUT2D eigenvalue weighted by Gasteiger charge is 2.29. The number of allylic oxidation sites excluding steroid dienone is 4. The Kier molecular flexibility index (Phi) is 4.13. The standard InChI is InChI=1S/C13H20O2/c1-9(2)5-6-11-7-8-12(15-4)13(14)10(11)3/h5,8,10-11H,6-7H2,1-4H3/t10-,11?/m1/s1. The molecule has 1 rings (SSSR count). The summed E-state index contributed by atoms with van der Waals surface area (Å²) in [6.45, 7) is 6.18. The third kappa shape index (κ3) is 2.95. The Hall–Kier alpha value is -1.05. The zero-order valence-corrected chi connectivity index (χ0v) is 10.0. The molecule has 0 aliphatic heterocycles. The molecule has 15 heavy (non-hydrogen) atoms. The summed E-state index contributed by atoms with van der Waals surface area (Å²) in [5.74, 6) is 1.21. The first-order valence-electron chi connectivity index (χ1n) is 5.48. The molecule has 0 fully saturated rings. The molecule has 0 saturated heterocycles. The number of ether oxygens (including phenoxy) is 1. The highest BCUT2D eigenvalue weighted by atomic mass is 16.5. The number of Topliss-reactive ketones (excluding diaryl/α,β-unsaturated/α-hetero) is 1. The molecule has 0 spiro atoms. The van der Waals surface area contributed by atoms with Crippen molar-refractivity contribution in [3.05, 3.63) is 23.5 Å². The molecular formula is C13H20O2. The lowest BCUT2D eigenvalue weighted by Crippen LogP contribution is -2.26. The second-order valence-electron chi connectivity index (χ2n) is 4.44. The molecule has 2 nitrogen and oxygen atoms in total. The molecule has 1 unspecified atom stereocenters. The maximum atomic E-state index is 11.8. The molecule has 0 N–H and O–H groups in total. The molecule has 2 heteroatoms. The smallest absolute Gasteiger partial charge is 0.200 e. The fourth-order valence-electron chi connectivity index (χ4n) is 1.87. The van der Waals surface area contributed by atoms with E-state index in [1.54, 1.807) is 7.11 Å². The first-order valence-corrected chi connectivity index (χ1v) is 5.48. The zero-order valence-electron chi connectivity index (χ0n) is 10.0. The van der Waals surface area contributed by atoms with Crippen molar-refractivity contribution in [2.45, 2.75) is 33.6 Å². The van der Waals surface area contributed by atoms with Crippen molar-refractivity contribution in [2.75, 3.05) is 7.11 Å². The number of rotatable bonds is 3. The average Bonchev–Trinajstić information content (AvgIpc) is 2.20. The molecule has 84 valence electrons. The molecule has 0 amide bonds. The molecule has 2 atom stereocenters. The quantitative estimate of drug-likeness (QED) is 0.666. The van der Waals surface area contributed by atoms with Crippen molar-refractivity contribution in [2.24, 2.45) is 11.8 Å². The molecule has 0 aromatic heterocycles. The lowest BCUT2D eigenvalue weighted by molar-refractivity contribution is -0.124. The fourth-order valence-corrected chi connectivity index (χ4v) is 1.87. The summed E-state index contributed by atoms with van der Waals surface area (Å²) < 4.78 is 5.04. The first kappa shape index (κ1) is 12.0. The minimum atomic E-state index is 0.0838. The largest absolute Gasteiger partial charge is 0.493 e. The van der Waals surface area contributed by atoms with Crippen molar-refractivity contribution >= 4 is 5.78 Å². The molecule has 0 heterocycles. The van der Waals surface area contributed by atoms with Gasteiger partial charge in [-0.2, -0.15) is 0 Å². The SMILES string of the molecule is COC1=CCC(CC=C(C)C)[C@@H](C)C1=O. The van der Waals surface area contributed by atoms with Gasteiger partial charge in [0.2, 0.25) is 0 Å². The number of carbonyl (C=O) groups excluding carboxylic acids is 1. The molecule has 0 aromatic carbocycles. The van der Waals surface area contributed by atoms with Crippen molar-refractivity contribution in [1.29, 1.82) is 0 Å². The van der Waals surface area contributed by atoms with E-state index in [1.807, 2.05) is 13.0 Å². The minimum absolute atomic E-state index is 0.0838. The van der Waals surface area contributed by atoms with Gasteiger partial charge in [-0.05, 0) is 38.7 Å². The molecule has 0 saturated carbocycles. The van der Waals surface area contributed by atoms with E-state index in [0.29, 0.717) is 11.7 Å². The zero-order chi connectivity index (χ0) is 11.4. The van der Waals surface area contributed by atoms with Gasteiger partial charge in [-0.15, -0.1) is 0 Å². The van der Waals surface area contributed by atoms with Crippen LogP contribution in [0.2, 0.25) is 0 Å². The Bertz CT molecular complexity index is 296. The van der Waals surface area contributed by atoms with E-state index in [2.05, 4.69) is 19.9 Å². The maximum absolute atomic E-state index is 11.8. The highest BCUT2D eigenvalue weighted by molar-refractivity contribution is 5.96. The first-order chi connectivity index (χ1) is 7.06. The van der Waals surface area contributed by atoms with Crippen LogP contribution in [-0.4, -0.2) is 12.9 Å². The van der Waals surface area contributed by atoms with Gasteiger partial charge in [-0.25, -0.2) is 0 Å². The minimum Gasteiger partial charge on any atom is -0.493 e. The average molecular weight is 208 g/mol. The van der Waals surface area contributed by atoms with E-state index in [9.17, 15) is 4.79 Å². The van der Waals surface area contributed by atoms with Gasteiger partial charge in [0, 0.05) is 5.92 Å². The van der Waals surface area contributed by atoms with Crippen LogP contribution in [0.5, 0.6) is 0 Å². The summed E-state index contributed by atoms with van der Waals surface area (Å²) >= 11 is 0. The van der Waals surface area contributed by atoms with Gasteiger partial charge in [0.05, 0.1) is 7.11 Å². The van der Waals surface area contributed by atoms with Crippen LogP contribution >= 0.6 is 0 Å². The predicted octanol–water partition coefficient (Wildman–Crippen LogP) is 3.10. The summed E-state index contributed by atoms with van der Waals surface area (Å²) in [4.78, 5) is 11.8. The predicted molar refractivity (Wildman–Crippen MR) is 61.4 cm³/mol. The van der Waals surface area contributed by atoms with Crippen LogP contribution in [0.25, 0.3) is 0 Å². The summed E-state index contributed by atoms with van der Waals surface area (Å²) in [6.07, 6.45) is 6.06. The maximum Gasteiger partial charge on any atom is 0.200 e. The number of ketones is 1. The van der Waals surface area contributed by atoms with Gasteiger partial charge >= 0.3 is 0 Å². The van der Waals surface area contributed by atoms with E-state index >= 15 is 0 Å². The number of methoxy groups -OCH3 is 1. The van der Waals surface area contributed by atoms with Crippen LogP contribution in [-0.2, 0) is 9.53 Å². The Morgan fingerprint density at radius 2 is 2.27 bits per heavy atom. The molecule has 1 aliphatic carbocycles. The second-order valence-corrected chi connectivity index (χ2v) is 4.44. The third-order valence-corrected chi connectivity index (χ3v) is 3.02. The topological polar surface area (TPSA) is 26.3 Å². The van der Waals surface area contributed by atoms with Crippen molar-refractivity contribution in [3.8, 4) is 0 Å². The summed E-state index contributed by atoms with van der Waals surface area (Å²) in [5.41, 5.74) is 1.32. The van der Waals surface area contributed by atoms with Crippen LogP contribution in [0.4, 0.5) is 0 Å². The number of hydrogen-bond acceptors (Lipinski definition) is 2. The third-order valence-electron chi connectivity index (χ3n) is 3.02. The lowest BCUT2D eigenvalue weighted by Gasteiger charge is -2.25. The Morgan fingerprint density at radius 1 is 1.60 bits per heavy atom. The van der Waals surface area contributed by atoms with Crippen molar-refractivity contribution in [3.63, 3.8) is 0 Å². The number of carbonyl (C=O) groups is 1. The van der Waals surface area contributed by atoms with Gasteiger partial charge in [0.1, 0.15) is 0 Å². The summed E-state index contributed by atoms with van der Waals surface area (Å²) in [7, 11) is 1.56. The van der Waals surface area contributed by atoms with E-state index < -0.39 is 0 Å². The molecular weight excluding hydrogens is 188 g/mol. The highest BCUT2D eigenvalue weighted by Crippen LogP contribution is 2.29. The summed E-state index contributed by atoms with van der Waals surface area (Å²) in [6, 6.07) is 0. The van der Waals surface area contributed by atoms with Crippen LogP contribution in [0.3, 0.4) is 0 Å². The Labute approximate surface area is 92.0 Å². The van der Waals surface area contributed by atoms with E-state index in [0.717, 1.165) is 12.8 Å². The Balaban J connectivity index is 2.68. The van der Waals surface area contributed by atoms with E-state index in [1.165, 1.54) is 5.57 Å². The normalized spacial score (nSPS) is 25.9. The Morgan fingerprint density at radius 3 is 2.80 bits per heavy atom.